The summed E-state index contributed by atoms with van der Waals surface area (Å²) in [7, 11) is 0. The van der Waals surface area contributed by atoms with Crippen molar-refractivity contribution in [1.82, 2.24) is 29.5 Å². The van der Waals surface area contributed by atoms with Gasteiger partial charge in [-0.1, -0.05) is 18.6 Å². The Labute approximate surface area is 240 Å². The van der Waals surface area contributed by atoms with Crippen LogP contribution in [0.25, 0.3) is 5.65 Å². The summed E-state index contributed by atoms with van der Waals surface area (Å²) >= 11 is 0. The molecule has 1 unspecified atom stereocenters. The minimum Gasteiger partial charge on any atom is -0.474 e. The highest BCUT2D eigenvalue weighted by Gasteiger charge is 2.37. The van der Waals surface area contributed by atoms with E-state index in [0.717, 1.165) is 49.8 Å². The van der Waals surface area contributed by atoms with Crippen LogP contribution in [0.2, 0.25) is 0 Å². The van der Waals surface area contributed by atoms with Crippen LogP contribution < -0.4 is 10.1 Å². The van der Waals surface area contributed by atoms with Crippen molar-refractivity contribution in [1.29, 1.82) is 0 Å². The van der Waals surface area contributed by atoms with Crippen LogP contribution in [-0.2, 0) is 15.7 Å². The van der Waals surface area contributed by atoms with Gasteiger partial charge < -0.3 is 19.5 Å². The first-order valence-corrected chi connectivity index (χ1v) is 14.2. The number of pyridine rings is 2. The van der Waals surface area contributed by atoms with Crippen molar-refractivity contribution in [2.75, 3.05) is 18.5 Å². The molecule has 0 bridgehead atoms. The van der Waals surface area contributed by atoms with E-state index in [1.165, 1.54) is 0 Å². The van der Waals surface area contributed by atoms with Crippen LogP contribution in [0.3, 0.4) is 0 Å². The van der Waals surface area contributed by atoms with Gasteiger partial charge in [-0.05, 0) is 56.7 Å². The summed E-state index contributed by atoms with van der Waals surface area (Å²) in [4.78, 5) is 12.3. The molecule has 0 amide bonds. The van der Waals surface area contributed by atoms with Crippen LogP contribution in [0.5, 0.6) is 5.88 Å². The Kier molecular flexibility index (Phi) is 8.47. The Morgan fingerprint density at radius 2 is 1.98 bits per heavy atom. The second kappa shape index (κ2) is 12.6. The van der Waals surface area contributed by atoms with E-state index in [4.69, 9.17) is 14.2 Å². The van der Waals surface area contributed by atoms with Gasteiger partial charge in [-0.2, -0.15) is 18.2 Å². The largest absolute Gasteiger partial charge is 0.474 e. The van der Waals surface area contributed by atoms with Crippen LogP contribution in [0.1, 0.15) is 73.9 Å². The van der Waals surface area contributed by atoms with Gasteiger partial charge in [0.2, 0.25) is 11.8 Å². The molecule has 5 heterocycles. The van der Waals surface area contributed by atoms with Gasteiger partial charge >= 0.3 is 6.18 Å². The number of halogens is 3. The van der Waals surface area contributed by atoms with E-state index in [9.17, 15) is 13.2 Å². The number of hydrogen-bond donors (Lipinski definition) is 1. The Morgan fingerprint density at radius 1 is 1.05 bits per heavy atom. The first kappa shape index (κ1) is 28.3. The lowest BCUT2D eigenvalue weighted by Crippen LogP contribution is -2.29. The fraction of sp³-hybridized carbons (Fsp3) is 0.483. The normalized spacial score (nSPS) is 22.1. The highest BCUT2D eigenvalue weighted by Crippen LogP contribution is 2.37. The van der Waals surface area contributed by atoms with Gasteiger partial charge in [-0.3, -0.25) is 9.38 Å². The van der Waals surface area contributed by atoms with Gasteiger partial charge in [0.1, 0.15) is 24.1 Å². The Balaban J connectivity index is 1.18. The molecule has 2 fully saturated rings. The maximum Gasteiger partial charge on any atom is 0.423 e. The fourth-order valence-corrected chi connectivity index (χ4v) is 5.55. The number of fused-ring (bicyclic) bond motifs is 1. The molecule has 0 spiro atoms. The quantitative estimate of drug-likeness (QED) is 0.264. The molecule has 1 N–H and O–H groups in total. The summed E-state index contributed by atoms with van der Waals surface area (Å²) in [6, 6.07) is 9.22. The van der Waals surface area contributed by atoms with Crippen LogP contribution >= 0.6 is 0 Å². The van der Waals surface area contributed by atoms with Crippen LogP contribution in [0.4, 0.5) is 19.1 Å². The number of nitrogens with one attached hydrogen (secondary N) is 1. The van der Waals surface area contributed by atoms with E-state index < -0.39 is 30.0 Å². The van der Waals surface area contributed by atoms with Gasteiger partial charge in [0.15, 0.2) is 11.9 Å². The predicted molar refractivity (Wildman–Crippen MR) is 146 cm³/mol. The first-order chi connectivity index (χ1) is 20.4. The number of ether oxygens (including phenoxy) is 3. The number of nitrogens with zero attached hydrogens (tertiary/aromatic N) is 6. The Bertz CT molecular complexity index is 1460. The molecule has 4 aromatic rings. The molecule has 2 aliphatic rings. The molecule has 10 nitrogen and oxygen atoms in total. The fourth-order valence-electron chi connectivity index (χ4n) is 5.55. The van der Waals surface area contributed by atoms with Gasteiger partial charge in [0, 0.05) is 48.9 Å². The number of anilines is 1. The van der Waals surface area contributed by atoms with Gasteiger partial charge in [0.25, 0.3) is 0 Å². The molecule has 1 aliphatic heterocycles. The molecule has 4 atom stereocenters. The van der Waals surface area contributed by atoms with Crippen molar-refractivity contribution in [3.63, 3.8) is 0 Å². The molecule has 0 radical (unpaired) electrons. The van der Waals surface area contributed by atoms with E-state index in [-0.39, 0.29) is 24.5 Å². The van der Waals surface area contributed by atoms with Crippen molar-refractivity contribution in [3.05, 3.63) is 72.1 Å². The molecule has 1 aliphatic carbocycles. The van der Waals surface area contributed by atoms with Crippen molar-refractivity contribution in [3.8, 4) is 5.88 Å². The van der Waals surface area contributed by atoms with Crippen molar-refractivity contribution < 1.29 is 27.4 Å². The summed E-state index contributed by atoms with van der Waals surface area (Å²) in [5.41, 5.74) is 0.393. The third kappa shape index (κ3) is 6.62. The minimum atomic E-state index is -4.70. The van der Waals surface area contributed by atoms with E-state index in [1.54, 1.807) is 24.5 Å². The maximum absolute atomic E-state index is 13.9. The third-order valence-electron chi connectivity index (χ3n) is 7.65. The van der Waals surface area contributed by atoms with E-state index in [2.05, 4.69) is 30.5 Å². The molecule has 13 heteroatoms. The summed E-state index contributed by atoms with van der Waals surface area (Å²) < 4.78 is 61.3. The standard InChI is InChI=1S/C29H32F3N7O3/c30-29(31,32)22-17-34-28(35-21-9-5-7-19(15-21)26-38-37-24-10-1-3-13-39(24)26)36-27(22)41-18-23(20-8-6-12-33-16-20)42-25-11-2-4-14-40-25/h1,3,6,8,10,12-13,16-17,19,21,23,25H,2,4-5,7,9,11,14-15,18H2,(H,34,35,36)/t19-,21+,23-,25?/m0/s1. The van der Waals surface area contributed by atoms with Gasteiger partial charge in [-0.15, -0.1) is 10.2 Å². The smallest absolute Gasteiger partial charge is 0.423 e. The van der Waals surface area contributed by atoms with Crippen molar-refractivity contribution in [2.45, 2.75) is 75.5 Å². The Morgan fingerprint density at radius 3 is 2.79 bits per heavy atom. The second-order valence-electron chi connectivity index (χ2n) is 10.6. The highest BCUT2D eigenvalue weighted by molar-refractivity contribution is 5.38. The SMILES string of the molecule is FC(F)(F)c1cnc(N[C@@H]2CCC[C@H](c3nnc4ccccn34)C2)nc1OC[C@H](OC1CCCCO1)c1cccnc1. The average Bonchev–Trinajstić information content (AvgIpc) is 3.44. The predicted octanol–water partition coefficient (Wildman–Crippen LogP) is 5.73. The zero-order valence-corrected chi connectivity index (χ0v) is 22.9. The summed E-state index contributed by atoms with van der Waals surface area (Å²) in [5, 5.41) is 11.9. The molecule has 1 saturated carbocycles. The number of hydrogen-bond acceptors (Lipinski definition) is 9. The monoisotopic (exact) mass is 583 g/mol. The molecular weight excluding hydrogens is 551 g/mol. The van der Waals surface area contributed by atoms with E-state index in [1.807, 2.05) is 28.8 Å². The zero-order chi connectivity index (χ0) is 28.9. The molecule has 0 aromatic carbocycles. The van der Waals surface area contributed by atoms with Crippen molar-refractivity contribution in [2.24, 2.45) is 0 Å². The summed E-state index contributed by atoms with van der Waals surface area (Å²) in [5.74, 6) is 0.526. The average molecular weight is 584 g/mol. The van der Waals surface area contributed by atoms with Gasteiger partial charge in [0.05, 0.1) is 0 Å². The lowest BCUT2D eigenvalue weighted by atomic mass is 9.85. The van der Waals surface area contributed by atoms with Crippen LogP contribution in [0, 0.1) is 0 Å². The molecule has 42 heavy (non-hydrogen) atoms. The summed E-state index contributed by atoms with van der Waals surface area (Å²) in [6.07, 6.45) is 6.03. The lowest BCUT2D eigenvalue weighted by molar-refractivity contribution is -0.195. The zero-order valence-electron chi connectivity index (χ0n) is 22.9. The topological polar surface area (TPSA) is 109 Å². The molecule has 222 valence electrons. The molecule has 4 aromatic heterocycles. The number of aromatic nitrogens is 6. The number of rotatable bonds is 9. The highest BCUT2D eigenvalue weighted by atomic mass is 19.4. The first-order valence-electron chi connectivity index (χ1n) is 14.2. The summed E-state index contributed by atoms with van der Waals surface area (Å²) in [6.45, 7) is 0.357. The third-order valence-corrected chi connectivity index (χ3v) is 7.65. The molecular formula is C29H32F3N7O3. The molecule has 6 rings (SSSR count). The van der Waals surface area contributed by atoms with E-state index in [0.29, 0.717) is 25.0 Å². The van der Waals surface area contributed by atoms with Crippen LogP contribution in [0.15, 0.2) is 55.1 Å². The van der Waals surface area contributed by atoms with Gasteiger partial charge in [-0.25, -0.2) is 4.98 Å². The Hall–Kier alpha value is -3.84. The van der Waals surface area contributed by atoms with Crippen molar-refractivity contribution >= 4 is 11.6 Å². The maximum atomic E-state index is 13.9. The lowest BCUT2D eigenvalue weighted by Gasteiger charge is -2.29. The van der Waals surface area contributed by atoms with E-state index >= 15 is 0 Å². The minimum absolute atomic E-state index is 0.0562. The molecule has 1 saturated heterocycles. The second-order valence-corrected chi connectivity index (χ2v) is 10.6. The van der Waals surface area contributed by atoms with Crippen LogP contribution in [-0.4, -0.2) is 55.1 Å². The number of alkyl halides is 3.